The molecule has 6 heteroatoms. The van der Waals surface area contributed by atoms with E-state index in [9.17, 15) is 4.79 Å². The van der Waals surface area contributed by atoms with E-state index in [4.69, 9.17) is 4.74 Å². The van der Waals surface area contributed by atoms with E-state index in [0.29, 0.717) is 18.3 Å². The summed E-state index contributed by atoms with van der Waals surface area (Å²) in [7, 11) is 4.09. The molecule has 0 saturated heterocycles. The molecule has 0 amide bonds. The first-order valence-electron chi connectivity index (χ1n) is 6.06. The lowest BCUT2D eigenvalue weighted by Crippen LogP contribution is -2.23. The Morgan fingerprint density at radius 1 is 1.61 bits per heavy atom. The van der Waals surface area contributed by atoms with E-state index in [1.54, 1.807) is 12.4 Å². The molecule has 0 aliphatic rings. The van der Waals surface area contributed by atoms with Crippen molar-refractivity contribution in [2.45, 2.75) is 26.3 Å². The average Bonchev–Trinajstić information content (AvgIpc) is 2.75. The monoisotopic (exact) mass is 271 g/mol. The van der Waals surface area contributed by atoms with Crippen LogP contribution in [0.2, 0.25) is 0 Å². The van der Waals surface area contributed by atoms with Crippen LogP contribution in [-0.2, 0) is 4.74 Å². The molecular formula is C12H21N3O2S. The van der Waals surface area contributed by atoms with Gasteiger partial charge in [-0.15, -0.1) is 11.3 Å². The van der Waals surface area contributed by atoms with Crippen LogP contribution in [0.4, 0.5) is 5.00 Å². The highest BCUT2D eigenvalue weighted by atomic mass is 32.1. The summed E-state index contributed by atoms with van der Waals surface area (Å²) in [4.78, 5) is 17.8. The first-order valence-corrected chi connectivity index (χ1v) is 6.94. The van der Waals surface area contributed by atoms with Crippen molar-refractivity contribution in [3.63, 3.8) is 0 Å². The highest BCUT2D eigenvalue weighted by molar-refractivity contribution is 7.14. The van der Waals surface area contributed by atoms with Gasteiger partial charge in [-0.3, -0.25) is 0 Å². The lowest BCUT2D eigenvalue weighted by Gasteiger charge is -2.17. The molecule has 0 aliphatic heterocycles. The van der Waals surface area contributed by atoms with Gasteiger partial charge in [0.15, 0.2) is 5.69 Å². The number of ether oxygens (including phenoxy) is 1. The fourth-order valence-corrected chi connectivity index (χ4v) is 2.22. The van der Waals surface area contributed by atoms with Crippen LogP contribution in [0.25, 0.3) is 0 Å². The normalized spacial score (nSPS) is 12.5. The van der Waals surface area contributed by atoms with E-state index in [-0.39, 0.29) is 5.97 Å². The number of carbonyl (C=O) groups is 1. The lowest BCUT2D eigenvalue weighted by atomic mass is 10.2. The number of thiazole rings is 1. The zero-order valence-corrected chi connectivity index (χ0v) is 12.2. The number of rotatable bonds is 7. The van der Waals surface area contributed by atoms with E-state index in [2.05, 4.69) is 22.1 Å². The molecule has 1 unspecified atom stereocenters. The van der Waals surface area contributed by atoms with Crippen LogP contribution >= 0.6 is 11.3 Å². The molecule has 102 valence electrons. The standard InChI is InChI=1S/C12H21N3O2S/c1-5-17-12(16)10-11(18-8-13-10)14-9(2)6-7-15(3)4/h8-9,14H,5-7H2,1-4H3. The number of esters is 1. The van der Waals surface area contributed by atoms with Crippen molar-refractivity contribution in [1.29, 1.82) is 0 Å². The fraction of sp³-hybridized carbons (Fsp3) is 0.667. The van der Waals surface area contributed by atoms with Gasteiger partial charge in [-0.2, -0.15) is 0 Å². The molecule has 0 radical (unpaired) electrons. The Kier molecular flexibility index (Phi) is 6.07. The first kappa shape index (κ1) is 14.9. The van der Waals surface area contributed by atoms with E-state index < -0.39 is 0 Å². The van der Waals surface area contributed by atoms with Gasteiger partial charge in [0, 0.05) is 6.04 Å². The Bertz CT molecular complexity index is 379. The highest BCUT2D eigenvalue weighted by Crippen LogP contribution is 2.22. The van der Waals surface area contributed by atoms with Crippen LogP contribution in [0.5, 0.6) is 0 Å². The molecule has 1 atom stereocenters. The van der Waals surface area contributed by atoms with Crippen LogP contribution in [0, 0.1) is 0 Å². The Morgan fingerprint density at radius 2 is 2.33 bits per heavy atom. The topological polar surface area (TPSA) is 54.5 Å². The Balaban J connectivity index is 2.56. The molecule has 0 spiro atoms. The zero-order valence-electron chi connectivity index (χ0n) is 11.4. The molecule has 1 aromatic heterocycles. The number of nitrogens with one attached hydrogen (secondary N) is 1. The minimum Gasteiger partial charge on any atom is -0.461 e. The fourth-order valence-electron chi connectivity index (χ4n) is 1.44. The van der Waals surface area contributed by atoms with Gasteiger partial charge in [0.05, 0.1) is 12.1 Å². The predicted molar refractivity (Wildman–Crippen MR) is 74.3 cm³/mol. The van der Waals surface area contributed by atoms with Crippen LogP contribution in [0.15, 0.2) is 5.51 Å². The second kappa shape index (κ2) is 7.33. The summed E-state index contributed by atoms with van der Waals surface area (Å²) in [6, 6.07) is 0.293. The number of hydrogen-bond donors (Lipinski definition) is 1. The minimum atomic E-state index is -0.360. The van der Waals surface area contributed by atoms with Crippen LogP contribution in [-0.4, -0.2) is 49.1 Å². The average molecular weight is 271 g/mol. The van der Waals surface area contributed by atoms with Crippen molar-refractivity contribution in [3.05, 3.63) is 11.2 Å². The molecule has 0 aliphatic carbocycles. The molecule has 0 saturated carbocycles. The van der Waals surface area contributed by atoms with Gasteiger partial charge >= 0.3 is 5.97 Å². The van der Waals surface area contributed by atoms with Crippen molar-refractivity contribution >= 4 is 22.3 Å². The number of carbonyl (C=O) groups excluding carboxylic acids is 1. The number of anilines is 1. The van der Waals surface area contributed by atoms with E-state index in [1.165, 1.54) is 11.3 Å². The Labute approximate surface area is 112 Å². The van der Waals surface area contributed by atoms with Gasteiger partial charge in [-0.25, -0.2) is 9.78 Å². The molecular weight excluding hydrogens is 250 g/mol. The van der Waals surface area contributed by atoms with Gasteiger partial charge in [-0.05, 0) is 40.9 Å². The quantitative estimate of drug-likeness (QED) is 0.769. The number of aromatic nitrogens is 1. The zero-order chi connectivity index (χ0) is 13.5. The van der Waals surface area contributed by atoms with Gasteiger partial charge in [0.25, 0.3) is 0 Å². The SMILES string of the molecule is CCOC(=O)c1ncsc1NC(C)CCN(C)C. The second-order valence-corrected chi connectivity index (χ2v) is 5.24. The molecule has 5 nitrogen and oxygen atoms in total. The first-order chi connectivity index (χ1) is 8.54. The minimum absolute atomic E-state index is 0.293. The molecule has 1 rings (SSSR count). The third-order valence-corrected chi connectivity index (χ3v) is 3.18. The van der Waals surface area contributed by atoms with Crippen LogP contribution in [0.3, 0.4) is 0 Å². The summed E-state index contributed by atoms with van der Waals surface area (Å²) < 4.78 is 4.96. The van der Waals surface area contributed by atoms with Crippen LogP contribution < -0.4 is 5.32 Å². The molecule has 1 aromatic rings. The number of nitrogens with zero attached hydrogens (tertiary/aromatic N) is 2. The molecule has 0 bridgehead atoms. The van der Waals surface area contributed by atoms with Gasteiger partial charge in [-0.1, -0.05) is 0 Å². The van der Waals surface area contributed by atoms with Crippen molar-refractivity contribution in [3.8, 4) is 0 Å². The highest BCUT2D eigenvalue weighted by Gasteiger charge is 2.17. The van der Waals surface area contributed by atoms with Gasteiger partial charge < -0.3 is 15.0 Å². The van der Waals surface area contributed by atoms with Gasteiger partial charge in [0.2, 0.25) is 0 Å². The second-order valence-electron chi connectivity index (χ2n) is 4.39. The van der Waals surface area contributed by atoms with E-state index >= 15 is 0 Å². The maximum Gasteiger partial charge on any atom is 0.360 e. The Hall–Kier alpha value is -1.14. The molecule has 0 aromatic carbocycles. The van der Waals surface area contributed by atoms with Crippen molar-refractivity contribution in [2.24, 2.45) is 0 Å². The maximum absolute atomic E-state index is 11.6. The summed E-state index contributed by atoms with van der Waals surface area (Å²) in [5.74, 6) is -0.360. The Morgan fingerprint density at radius 3 is 2.94 bits per heavy atom. The predicted octanol–water partition coefficient (Wildman–Crippen LogP) is 2.07. The summed E-state index contributed by atoms with van der Waals surface area (Å²) in [5.41, 5.74) is 2.05. The number of hydrogen-bond acceptors (Lipinski definition) is 6. The molecule has 1 heterocycles. The lowest BCUT2D eigenvalue weighted by molar-refractivity contribution is 0.0521. The van der Waals surface area contributed by atoms with Crippen molar-refractivity contribution in [2.75, 3.05) is 32.6 Å². The van der Waals surface area contributed by atoms with Crippen LogP contribution in [0.1, 0.15) is 30.8 Å². The maximum atomic E-state index is 11.6. The van der Waals surface area contributed by atoms with Crippen molar-refractivity contribution < 1.29 is 9.53 Å². The largest absolute Gasteiger partial charge is 0.461 e. The van der Waals surface area contributed by atoms with E-state index in [0.717, 1.165) is 18.0 Å². The molecule has 18 heavy (non-hydrogen) atoms. The summed E-state index contributed by atoms with van der Waals surface area (Å²) >= 11 is 1.43. The van der Waals surface area contributed by atoms with E-state index in [1.807, 2.05) is 14.1 Å². The summed E-state index contributed by atoms with van der Waals surface area (Å²) in [5, 5.41) is 4.11. The van der Waals surface area contributed by atoms with Crippen molar-refractivity contribution in [1.82, 2.24) is 9.88 Å². The third-order valence-electron chi connectivity index (χ3n) is 2.42. The smallest absolute Gasteiger partial charge is 0.360 e. The molecule has 0 fully saturated rings. The molecule has 1 N–H and O–H groups in total. The van der Waals surface area contributed by atoms with Gasteiger partial charge in [0.1, 0.15) is 5.00 Å². The summed E-state index contributed by atoms with van der Waals surface area (Å²) in [6.07, 6.45) is 1.01. The summed E-state index contributed by atoms with van der Waals surface area (Å²) in [6.45, 7) is 5.25. The third kappa shape index (κ3) is 4.62.